The zero-order valence-electron chi connectivity index (χ0n) is 15.9. The number of carbonyl (C=O) groups is 2. The summed E-state index contributed by atoms with van der Waals surface area (Å²) in [4.78, 5) is 26.7. The van der Waals surface area contributed by atoms with Crippen LogP contribution in [-0.4, -0.2) is 55.5 Å². The molecule has 1 aromatic carbocycles. The summed E-state index contributed by atoms with van der Waals surface area (Å²) in [5.74, 6) is 0.343. The topological polar surface area (TPSA) is 74.3 Å². The first-order valence-electron chi connectivity index (χ1n) is 9.51. The van der Waals surface area contributed by atoms with E-state index >= 15 is 0 Å². The number of likely N-dealkylation sites (tertiary alicyclic amines) is 1. The van der Waals surface area contributed by atoms with Crippen LogP contribution >= 0.6 is 0 Å². The molecule has 0 bridgehead atoms. The normalized spacial score (nSPS) is 27.8. The molecular formula is C20H25NO6. The summed E-state index contributed by atoms with van der Waals surface area (Å²) < 4.78 is 22.4. The number of nitrogens with zero attached hydrogens (tertiary/aromatic N) is 1. The largest absolute Gasteiger partial charge is 0.459 e. The molecule has 4 rings (SSSR count). The molecule has 4 atom stereocenters. The molecule has 0 radical (unpaired) electrons. The van der Waals surface area contributed by atoms with Crippen molar-refractivity contribution >= 4 is 11.9 Å². The van der Waals surface area contributed by atoms with Gasteiger partial charge in [0.05, 0.1) is 5.56 Å². The van der Waals surface area contributed by atoms with Crippen molar-refractivity contribution in [3.05, 3.63) is 23.3 Å². The molecule has 7 nitrogen and oxygen atoms in total. The Morgan fingerprint density at radius 1 is 1.33 bits per heavy atom. The van der Waals surface area contributed by atoms with Crippen molar-refractivity contribution in [2.75, 3.05) is 20.4 Å². The van der Waals surface area contributed by atoms with Crippen LogP contribution in [0.15, 0.2) is 12.1 Å². The van der Waals surface area contributed by atoms with Crippen LogP contribution in [0.5, 0.6) is 11.5 Å². The Morgan fingerprint density at radius 2 is 2.07 bits per heavy atom. The van der Waals surface area contributed by atoms with Crippen molar-refractivity contribution in [3.8, 4) is 11.5 Å². The van der Waals surface area contributed by atoms with E-state index in [-0.39, 0.29) is 24.7 Å². The number of carbonyl (C=O) groups excluding carboxylic acids is 2. The minimum Gasteiger partial charge on any atom is -0.459 e. The van der Waals surface area contributed by atoms with Gasteiger partial charge < -0.3 is 23.8 Å². The first-order chi connectivity index (χ1) is 13.0. The van der Waals surface area contributed by atoms with E-state index in [0.717, 1.165) is 24.9 Å². The molecule has 0 unspecified atom stereocenters. The SMILES string of the molecule is CC[C@H](OC(C)=O)[C@H]1OC(=O)c2cc3c(cc2[C@H]1[C@H]1CCCN1C)OCO3. The van der Waals surface area contributed by atoms with Crippen molar-refractivity contribution in [2.45, 2.75) is 57.3 Å². The van der Waals surface area contributed by atoms with E-state index in [1.165, 1.54) is 6.92 Å². The second kappa shape index (κ2) is 7.03. The Bertz CT molecular complexity index is 763. The number of rotatable bonds is 4. The number of fused-ring (bicyclic) bond motifs is 2. The molecule has 0 N–H and O–H groups in total. The molecule has 3 heterocycles. The Labute approximate surface area is 158 Å². The lowest BCUT2D eigenvalue weighted by Gasteiger charge is -2.41. The number of likely N-dealkylation sites (N-methyl/N-ethyl adjacent to an activating group) is 1. The van der Waals surface area contributed by atoms with Crippen LogP contribution in [0, 0.1) is 0 Å². The molecule has 0 saturated carbocycles. The highest BCUT2D eigenvalue weighted by molar-refractivity contribution is 5.94. The smallest absolute Gasteiger partial charge is 0.338 e. The molecule has 27 heavy (non-hydrogen) atoms. The molecule has 1 fully saturated rings. The van der Waals surface area contributed by atoms with Crippen molar-refractivity contribution in [1.29, 1.82) is 0 Å². The highest BCUT2D eigenvalue weighted by Gasteiger charge is 2.47. The van der Waals surface area contributed by atoms with E-state index in [1.807, 2.05) is 13.0 Å². The first-order valence-corrected chi connectivity index (χ1v) is 9.51. The van der Waals surface area contributed by atoms with Gasteiger partial charge in [-0.1, -0.05) is 6.92 Å². The molecule has 3 aliphatic heterocycles. The van der Waals surface area contributed by atoms with Crippen LogP contribution in [0.2, 0.25) is 0 Å². The van der Waals surface area contributed by atoms with Crippen molar-refractivity contribution in [1.82, 2.24) is 4.90 Å². The summed E-state index contributed by atoms with van der Waals surface area (Å²) in [7, 11) is 2.09. The zero-order chi connectivity index (χ0) is 19.1. The maximum Gasteiger partial charge on any atom is 0.338 e. The minimum absolute atomic E-state index is 0.0935. The van der Waals surface area contributed by atoms with Crippen molar-refractivity contribution < 1.29 is 28.5 Å². The maximum absolute atomic E-state index is 12.8. The van der Waals surface area contributed by atoms with Gasteiger partial charge in [-0.15, -0.1) is 0 Å². The molecule has 0 aliphatic carbocycles. The Morgan fingerprint density at radius 3 is 2.70 bits per heavy atom. The number of hydrogen-bond acceptors (Lipinski definition) is 7. The van der Waals surface area contributed by atoms with E-state index in [1.54, 1.807) is 6.07 Å². The third-order valence-corrected chi connectivity index (χ3v) is 5.80. The molecule has 3 aliphatic rings. The van der Waals surface area contributed by atoms with Crippen LogP contribution in [0.25, 0.3) is 0 Å². The average molecular weight is 375 g/mol. The van der Waals surface area contributed by atoms with Crippen LogP contribution in [0.1, 0.15) is 54.9 Å². The Hall–Kier alpha value is -2.28. The van der Waals surface area contributed by atoms with Gasteiger partial charge >= 0.3 is 11.9 Å². The monoisotopic (exact) mass is 375 g/mol. The van der Waals surface area contributed by atoms with Gasteiger partial charge in [0.1, 0.15) is 12.2 Å². The number of hydrogen-bond donors (Lipinski definition) is 0. The van der Waals surface area contributed by atoms with Gasteiger partial charge in [0, 0.05) is 18.9 Å². The Kier molecular flexibility index (Phi) is 4.72. The fraction of sp³-hybridized carbons (Fsp3) is 0.600. The van der Waals surface area contributed by atoms with E-state index in [9.17, 15) is 9.59 Å². The van der Waals surface area contributed by atoms with Gasteiger partial charge in [-0.2, -0.15) is 0 Å². The lowest BCUT2D eigenvalue weighted by atomic mass is 9.78. The van der Waals surface area contributed by atoms with Crippen LogP contribution in [-0.2, 0) is 14.3 Å². The molecule has 7 heteroatoms. The first kappa shape index (κ1) is 18.1. The molecule has 1 aromatic rings. The van der Waals surface area contributed by atoms with Crippen LogP contribution < -0.4 is 9.47 Å². The highest BCUT2D eigenvalue weighted by Crippen LogP contribution is 2.46. The van der Waals surface area contributed by atoms with Gasteiger partial charge in [0.15, 0.2) is 11.5 Å². The molecule has 0 amide bonds. The number of benzene rings is 1. The fourth-order valence-electron chi connectivity index (χ4n) is 4.57. The third kappa shape index (κ3) is 3.14. The summed E-state index contributed by atoms with van der Waals surface area (Å²) in [6.07, 6.45) is 1.65. The molecular weight excluding hydrogens is 350 g/mol. The van der Waals surface area contributed by atoms with E-state index in [4.69, 9.17) is 18.9 Å². The maximum atomic E-state index is 12.8. The molecule has 146 valence electrons. The second-order valence-corrected chi connectivity index (χ2v) is 7.43. The zero-order valence-corrected chi connectivity index (χ0v) is 15.9. The van der Waals surface area contributed by atoms with Gasteiger partial charge in [-0.05, 0) is 50.6 Å². The molecule has 1 saturated heterocycles. The van der Waals surface area contributed by atoms with Gasteiger partial charge in [0.25, 0.3) is 0 Å². The van der Waals surface area contributed by atoms with Crippen LogP contribution in [0.4, 0.5) is 0 Å². The average Bonchev–Trinajstić information content (AvgIpc) is 3.26. The van der Waals surface area contributed by atoms with Gasteiger partial charge in [0.2, 0.25) is 6.79 Å². The number of cyclic esters (lactones) is 1. The Balaban J connectivity index is 1.80. The van der Waals surface area contributed by atoms with Gasteiger partial charge in [-0.25, -0.2) is 4.79 Å². The summed E-state index contributed by atoms with van der Waals surface area (Å²) in [5.41, 5.74) is 1.41. The van der Waals surface area contributed by atoms with E-state index in [0.29, 0.717) is 23.5 Å². The lowest BCUT2D eigenvalue weighted by molar-refractivity contribution is -0.155. The summed E-state index contributed by atoms with van der Waals surface area (Å²) in [5, 5.41) is 0. The fourth-order valence-corrected chi connectivity index (χ4v) is 4.57. The second-order valence-electron chi connectivity index (χ2n) is 7.43. The van der Waals surface area contributed by atoms with Gasteiger partial charge in [-0.3, -0.25) is 4.79 Å². The predicted octanol–water partition coefficient (Wildman–Crippen LogP) is 2.47. The summed E-state index contributed by atoms with van der Waals surface area (Å²) >= 11 is 0. The van der Waals surface area contributed by atoms with Crippen molar-refractivity contribution in [2.24, 2.45) is 0 Å². The van der Waals surface area contributed by atoms with E-state index in [2.05, 4.69) is 11.9 Å². The van der Waals surface area contributed by atoms with Crippen molar-refractivity contribution in [3.63, 3.8) is 0 Å². The molecule has 0 spiro atoms. The quantitative estimate of drug-likeness (QED) is 0.749. The number of ether oxygens (including phenoxy) is 4. The minimum atomic E-state index is -0.523. The standard InChI is InChI=1S/C20H25NO6/c1-4-15(26-11(2)22)19-18(14-6-5-7-21(14)3)12-8-16-17(25-10-24-16)9-13(12)20(23)27-19/h8-9,14-15,18-19H,4-7,10H2,1-3H3/t14-,15+,18+,19-/m1/s1. The third-order valence-electron chi connectivity index (χ3n) is 5.80. The highest BCUT2D eigenvalue weighted by atomic mass is 16.7. The van der Waals surface area contributed by atoms with E-state index < -0.39 is 18.2 Å². The molecule has 0 aromatic heterocycles. The predicted molar refractivity (Wildman–Crippen MR) is 96.0 cm³/mol. The number of esters is 2. The van der Waals surface area contributed by atoms with Crippen LogP contribution in [0.3, 0.4) is 0 Å². The lowest BCUT2D eigenvalue weighted by Crippen LogP contribution is -2.49. The summed E-state index contributed by atoms with van der Waals surface area (Å²) in [6.45, 7) is 4.46. The summed E-state index contributed by atoms with van der Waals surface area (Å²) in [6, 6.07) is 3.82.